The number of benzene rings is 2. The van der Waals surface area contributed by atoms with Gasteiger partial charge in [0.25, 0.3) is 0 Å². The maximum atomic E-state index is 5.96. The summed E-state index contributed by atoms with van der Waals surface area (Å²) in [7, 11) is 0. The second-order valence-corrected chi connectivity index (χ2v) is 8.20. The third kappa shape index (κ3) is 4.46. The van der Waals surface area contributed by atoms with Crippen LogP contribution in [0.25, 0.3) is 10.2 Å². The molecular weight excluding hydrogens is 374 g/mol. The van der Waals surface area contributed by atoms with Crippen LogP contribution in [0.2, 0.25) is 5.02 Å². The van der Waals surface area contributed by atoms with Gasteiger partial charge in [0.2, 0.25) is 0 Å². The zero-order valence-electron chi connectivity index (χ0n) is 15.1. The van der Waals surface area contributed by atoms with Crippen LogP contribution >= 0.6 is 22.9 Å². The van der Waals surface area contributed by atoms with E-state index in [1.807, 2.05) is 18.2 Å². The molecule has 2 aromatic heterocycles. The van der Waals surface area contributed by atoms with Crippen LogP contribution in [0.1, 0.15) is 21.8 Å². The highest BCUT2D eigenvalue weighted by molar-refractivity contribution is 7.18. The molecule has 2 aromatic carbocycles. The maximum absolute atomic E-state index is 5.96. The second-order valence-electron chi connectivity index (χ2n) is 6.53. The minimum absolute atomic E-state index is 0.736. The standard InChI is InChI=1S/C22H20ClN3S/c1-15-13-19-21(24-12-11-16-7-9-18(23)10-8-16)25-20(26-22(19)27-15)14-17-5-3-2-4-6-17/h2-10,13H,11-12,14H2,1H3,(H,24,25,26). The molecule has 5 heteroatoms. The third-order valence-electron chi connectivity index (χ3n) is 4.39. The Balaban J connectivity index is 1.55. The van der Waals surface area contributed by atoms with Crippen LogP contribution in [0.5, 0.6) is 0 Å². The van der Waals surface area contributed by atoms with Crippen molar-refractivity contribution in [3.05, 3.63) is 87.5 Å². The number of nitrogens with one attached hydrogen (secondary N) is 1. The van der Waals surface area contributed by atoms with Crippen LogP contribution in [0.15, 0.2) is 60.7 Å². The second kappa shape index (κ2) is 8.07. The molecule has 0 radical (unpaired) electrons. The van der Waals surface area contributed by atoms with Crippen molar-refractivity contribution in [3.63, 3.8) is 0 Å². The van der Waals surface area contributed by atoms with Gasteiger partial charge in [0.05, 0.1) is 5.39 Å². The predicted molar refractivity (Wildman–Crippen MR) is 115 cm³/mol. The molecule has 0 bridgehead atoms. The molecule has 0 fully saturated rings. The van der Waals surface area contributed by atoms with Crippen LogP contribution in [0, 0.1) is 6.92 Å². The Bertz CT molecular complexity index is 1040. The summed E-state index contributed by atoms with van der Waals surface area (Å²) >= 11 is 7.68. The summed E-state index contributed by atoms with van der Waals surface area (Å²) in [5.74, 6) is 1.77. The number of halogens is 1. The quantitative estimate of drug-likeness (QED) is 0.443. The van der Waals surface area contributed by atoms with E-state index >= 15 is 0 Å². The Morgan fingerprint density at radius 1 is 0.963 bits per heavy atom. The van der Waals surface area contributed by atoms with Gasteiger partial charge in [-0.15, -0.1) is 11.3 Å². The van der Waals surface area contributed by atoms with Crippen LogP contribution in [-0.2, 0) is 12.8 Å². The summed E-state index contributed by atoms with van der Waals surface area (Å²) in [5, 5.41) is 5.38. The first-order valence-corrected chi connectivity index (χ1v) is 10.2. The summed E-state index contributed by atoms with van der Waals surface area (Å²) in [6, 6.07) is 20.5. The van der Waals surface area contributed by atoms with Gasteiger partial charge in [0.1, 0.15) is 16.5 Å². The number of fused-ring (bicyclic) bond motifs is 1. The number of anilines is 1. The van der Waals surface area contributed by atoms with Crippen molar-refractivity contribution in [3.8, 4) is 0 Å². The first kappa shape index (κ1) is 18.0. The average molecular weight is 394 g/mol. The SMILES string of the molecule is Cc1cc2c(NCCc3ccc(Cl)cc3)nc(Cc3ccccc3)nc2s1. The minimum atomic E-state index is 0.736. The monoisotopic (exact) mass is 393 g/mol. The van der Waals surface area contributed by atoms with Crippen LogP contribution in [0.3, 0.4) is 0 Å². The smallest absolute Gasteiger partial charge is 0.138 e. The van der Waals surface area contributed by atoms with Gasteiger partial charge in [-0.2, -0.15) is 0 Å². The highest BCUT2D eigenvalue weighted by atomic mass is 35.5. The number of thiophene rings is 1. The molecule has 1 N–H and O–H groups in total. The van der Waals surface area contributed by atoms with Crippen LogP contribution in [0.4, 0.5) is 5.82 Å². The van der Waals surface area contributed by atoms with Crippen molar-refractivity contribution in [1.29, 1.82) is 0 Å². The van der Waals surface area contributed by atoms with Crippen molar-refractivity contribution in [2.45, 2.75) is 19.8 Å². The molecule has 0 aliphatic heterocycles. The van der Waals surface area contributed by atoms with E-state index in [4.69, 9.17) is 21.6 Å². The van der Waals surface area contributed by atoms with Crippen molar-refractivity contribution in [2.24, 2.45) is 0 Å². The Labute approximate surface area is 168 Å². The van der Waals surface area contributed by atoms with Crippen molar-refractivity contribution < 1.29 is 0 Å². The average Bonchev–Trinajstić information content (AvgIpc) is 3.04. The largest absolute Gasteiger partial charge is 0.369 e. The van der Waals surface area contributed by atoms with Gasteiger partial charge in [-0.05, 0) is 42.7 Å². The molecule has 0 saturated carbocycles. The van der Waals surface area contributed by atoms with E-state index < -0.39 is 0 Å². The Morgan fingerprint density at radius 3 is 2.52 bits per heavy atom. The lowest BCUT2D eigenvalue weighted by molar-refractivity contribution is 0.966. The fraction of sp³-hybridized carbons (Fsp3) is 0.182. The number of aryl methyl sites for hydroxylation is 1. The van der Waals surface area contributed by atoms with E-state index in [0.29, 0.717) is 0 Å². The lowest BCUT2D eigenvalue weighted by Gasteiger charge is -2.09. The van der Waals surface area contributed by atoms with E-state index in [2.05, 4.69) is 54.7 Å². The van der Waals surface area contributed by atoms with E-state index in [-0.39, 0.29) is 0 Å². The molecule has 0 saturated heterocycles. The Morgan fingerprint density at radius 2 is 1.74 bits per heavy atom. The molecular formula is C22H20ClN3S. The van der Waals surface area contributed by atoms with Crippen LogP contribution < -0.4 is 5.32 Å². The molecule has 2 heterocycles. The van der Waals surface area contributed by atoms with Gasteiger partial charge in [-0.1, -0.05) is 54.1 Å². The highest BCUT2D eigenvalue weighted by Gasteiger charge is 2.11. The molecule has 0 atom stereocenters. The van der Waals surface area contributed by atoms with Crippen molar-refractivity contribution in [2.75, 3.05) is 11.9 Å². The number of hydrogen-bond donors (Lipinski definition) is 1. The number of hydrogen-bond acceptors (Lipinski definition) is 4. The topological polar surface area (TPSA) is 37.8 Å². The van der Waals surface area contributed by atoms with E-state index in [9.17, 15) is 0 Å². The zero-order chi connectivity index (χ0) is 18.6. The minimum Gasteiger partial charge on any atom is -0.369 e. The summed E-state index contributed by atoms with van der Waals surface area (Å²) < 4.78 is 0. The first-order valence-electron chi connectivity index (χ1n) is 8.97. The molecule has 0 aliphatic rings. The lowest BCUT2D eigenvalue weighted by atomic mass is 10.1. The lowest BCUT2D eigenvalue weighted by Crippen LogP contribution is -2.08. The molecule has 0 unspecified atom stereocenters. The summed E-state index contributed by atoms with van der Waals surface area (Å²) in [6.07, 6.45) is 1.65. The fourth-order valence-corrected chi connectivity index (χ4v) is 4.08. The molecule has 0 aliphatic carbocycles. The molecule has 27 heavy (non-hydrogen) atoms. The van der Waals surface area contributed by atoms with Gasteiger partial charge in [0, 0.05) is 22.9 Å². The maximum Gasteiger partial charge on any atom is 0.138 e. The van der Waals surface area contributed by atoms with E-state index in [1.54, 1.807) is 11.3 Å². The van der Waals surface area contributed by atoms with Gasteiger partial charge in [-0.25, -0.2) is 9.97 Å². The van der Waals surface area contributed by atoms with Gasteiger partial charge in [-0.3, -0.25) is 0 Å². The Kier molecular flexibility index (Phi) is 5.37. The number of rotatable bonds is 6. The highest BCUT2D eigenvalue weighted by Crippen LogP contribution is 2.29. The summed E-state index contributed by atoms with van der Waals surface area (Å²) in [4.78, 5) is 11.9. The zero-order valence-corrected chi connectivity index (χ0v) is 16.6. The van der Waals surface area contributed by atoms with Crippen LogP contribution in [-0.4, -0.2) is 16.5 Å². The van der Waals surface area contributed by atoms with Gasteiger partial charge in [0.15, 0.2) is 0 Å². The van der Waals surface area contributed by atoms with Gasteiger partial charge < -0.3 is 5.32 Å². The number of nitrogens with zero attached hydrogens (tertiary/aromatic N) is 2. The normalized spacial score (nSPS) is 11.0. The number of aromatic nitrogens is 2. The van der Waals surface area contributed by atoms with E-state index in [0.717, 1.165) is 46.3 Å². The predicted octanol–water partition coefficient (Wildman–Crippen LogP) is 5.90. The van der Waals surface area contributed by atoms with Crippen molar-refractivity contribution >= 4 is 39.0 Å². The fourth-order valence-electron chi connectivity index (χ4n) is 3.05. The first-order chi connectivity index (χ1) is 13.2. The third-order valence-corrected chi connectivity index (χ3v) is 5.58. The van der Waals surface area contributed by atoms with Crippen molar-refractivity contribution in [1.82, 2.24) is 9.97 Å². The molecule has 4 rings (SSSR count). The van der Waals surface area contributed by atoms with E-state index in [1.165, 1.54) is 16.0 Å². The molecule has 4 aromatic rings. The molecule has 0 amide bonds. The molecule has 0 spiro atoms. The molecule has 3 nitrogen and oxygen atoms in total. The Hall–Kier alpha value is -2.43. The molecule has 136 valence electrons. The van der Waals surface area contributed by atoms with Gasteiger partial charge >= 0.3 is 0 Å². The summed E-state index contributed by atoms with van der Waals surface area (Å²) in [6.45, 7) is 2.92. The summed E-state index contributed by atoms with van der Waals surface area (Å²) in [5.41, 5.74) is 2.47.